The molecule has 0 spiro atoms. The number of hydrogen-bond acceptors (Lipinski definition) is 4. The SMILES string of the molecule is CCNc1nc(C2(C)CC2)ns1. The summed E-state index contributed by atoms with van der Waals surface area (Å²) in [6.45, 7) is 5.22. The van der Waals surface area contributed by atoms with E-state index in [9.17, 15) is 0 Å². The first kappa shape index (κ1) is 7.98. The van der Waals surface area contributed by atoms with Crippen LogP contribution in [0.3, 0.4) is 0 Å². The summed E-state index contributed by atoms with van der Waals surface area (Å²) in [5, 5.41) is 4.13. The monoisotopic (exact) mass is 183 g/mol. The fraction of sp³-hybridized carbons (Fsp3) is 0.750. The molecule has 66 valence electrons. The Bertz CT molecular complexity index is 278. The van der Waals surface area contributed by atoms with Crippen molar-refractivity contribution < 1.29 is 0 Å². The molecular formula is C8H13N3S. The summed E-state index contributed by atoms with van der Waals surface area (Å²) >= 11 is 1.47. The third-order valence-electron chi connectivity index (χ3n) is 2.29. The van der Waals surface area contributed by atoms with E-state index in [1.54, 1.807) is 0 Å². The van der Waals surface area contributed by atoms with Crippen molar-refractivity contribution in [3.05, 3.63) is 5.82 Å². The van der Waals surface area contributed by atoms with Crippen molar-refractivity contribution in [2.24, 2.45) is 0 Å². The lowest BCUT2D eigenvalue weighted by Crippen LogP contribution is -2.03. The van der Waals surface area contributed by atoms with Crippen LogP contribution in [0.25, 0.3) is 0 Å². The zero-order valence-corrected chi connectivity index (χ0v) is 8.24. The molecule has 1 saturated carbocycles. The maximum atomic E-state index is 4.43. The molecule has 0 saturated heterocycles. The Labute approximate surface area is 76.4 Å². The molecule has 0 aliphatic heterocycles. The van der Waals surface area contributed by atoms with E-state index in [1.807, 2.05) is 0 Å². The van der Waals surface area contributed by atoms with Crippen molar-refractivity contribution in [3.8, 4) is 0 Å². The van der Waals surface area contributed by atoms with Gasteiger partial charge in [0.05, 0.1) is 0 Å². The van der Waals surface area contributed by atoms with Gasteiger partial charge in [-0.25, -0.2) is 4.98 Å². The van der Waals surface area contributed by atoms with Gasteiger partial charge in [0.25, 0.3) is 0 Å². The summed E-state index contributed by atoms with van der Waals surface area (Å²) in [6.07, 6.45) is 2.49. The first-order chi connectivity index (χ1) is 5.74. The van der Waals surface area contributed by atoms with Gasteiger partial charge in [-0.3, -0.25) is 0 Å². The predicted molar refractivity (Wildman–Crippen MR) is 50.7 cm³/mol. The van der Waals surface area contributed by atoms with E-state index < -0.39 is 0 Å². The van der Waals surface area contributed by atoms with Crippen LogP contribution in [0.1, 0.15) is 32.5 Å². The van der Waals surface area contributed by atoms with Gasteiger partial charge in [0, 0.05) is 23.5 Å². The second-order valence-corrected chi connectivity index (χ2v) is 4.27. The zero-order valence-electron chi connectivity index (χ0n) is 7.42. The van der Waals surface area contributed by atoms with E-state index in [0.717, 1.165) is 17.5 Å². The first-order valence-corrected chi connectivity index (χ1v) is 5.10. The van der Waals surface area contributed by atoms with Crippen LogP contribution in [0.5, 0.6) is 0 Å². The highest BCUT2D eigenvalue weighted by Gasteiger charge is 2.42. The molecule has 0 unspecified atom stereocenters. The minimum absolute atomic E-state index is 0.310. The molecule has 0 amide bonds. The minimum Gasteiger partial charge on any atom is -0.361 e. The summed E-state index contributed by atoms with van der Waals surface area (Å²) in [5.41, 5.74) is 0.310. The Hall–Kier alpha value is -0.640. The Balaban J connectivity index is 2.13. The molecule has 0 radical (unpaired) electrons. The summed E-state index contributed by atoms with van der Waals surface area (Å²) in [7, 11) is 0. The Morgan fingerprint density at radius 1 is 1.58 bits per heavy atom. The molecule has 1 heterocycles. The van der Waals surface area contributed by atoms with Crippen LogP contribution >= 0.6 is 11.5 Å². The molecule has 1 aliphatic carbocycles. The fourth-order valence-corrected chi connectivity index (χ4v) is 1.87. The summed E-state index contributed by atoms with van der Waals surface area (Å²) in [6, 6.07) is 0. The molecule has 0 atom stereocenters. The van der Waals surface area contributed by atoms with Crippen LogP contribution in [0, 0.1) is 0 Å². The average molecular weight is 183 g/mol. The second-order valence-electron chi connectivity index (χ2n) is 3.51. The lowest BCUT2D eigenvalue weighted by atomic mass is 10.1. The molecule has 1 aromatic rings. The number of rotatable bonds is 3. The van der Waals surface area contributed by atoms with Crippen molar-refractivity contribution in [2.75, 3.05) is 11.9 Å². The van der Waals surface area contributed by atoms with Gasteiger partial charge >= 0.3 is 0 Å². The van der Waals surface area contributed by atoms with Gasteiger partial charge in [-0.05, 0) is 19.8 Å². The Morgan fingerprint density at radius 3 is 2.92 bits per heavy atom. The first-order valence-electron chi connectivity index (χ1n) is 4.33. The fourth-order valence-electron chi connectivity index (χ4n) is 1.10. The van der Waals surface area contributed by atoms with Crippen LogP contribution in [-0.2, 0) is 5.41 Å². The molecule has 4 heteroatoms. The van der Waals surface area contributed by atoms with Crippen molar-refractivity contribution in [1.82, 2.24) is 9.36 Å². The third kappa shape index (κ3) is 1.31. The van der Waals surface area contributed by atoms with Crippen LogP contribution < -0.4 is 5.32 Å². The lowest BCUT2D eigenvalue weighted by Gasteiger charge is -1.99. The maximum absolute atomic E-state index is 4.43. The normalized spacial score (nSPS) is 19.2. The highest BCUT2D eigenvalue weighted by molar-refractivity contribution is 7.09. The van der Waals surface area contributed by atoms with Crippen LogP contribution in [0.4, 0.5) is 5.13 Å². The van der Waals surface area contributed by atoms with Crippen molar-refractivity contribution in [1.29, 1.82) is 0 Å². The predicted octanol–water partition coefficient (Wildman–Crippen LogP) is 2.02. The highest BCUT2D eigenvalue weighted by atomic mass is 32.1. The molecule has 1 fully saturated rings. The number of hydrogen-bond donors (Lipinski definition) is 1. The lowest BCUT2D eigenvalue weighted by molar-refractivity contribution is 0.729. The number of aromatic nitrogens is 2. The minimum atomic E-state index is 0.310. The largest absolute Gasteiger partial charge is 0.361 e. The van der Waals surface area contributed by atoms with E-state index in [1.165, 1.54) is 24.4 Å². The average Bonchev–Trinajstić information content (AvgIpc) is 2.64. The van der Waals surface area contributed by atoms with Gasteiger partial charge in [0.2, 0.25) is 5.13 Å². The topological polar surface area (TPSA) is 37.8 Å². The smallest absolute Gasteiger partial charge is 0.202 e. The van der Waals surface area contributed by atoms with Gasteiger partial charge in [-0.15, -0.1) is 0 Å². The van der Waals surface area contributed by atoms with Crippen molar-refractivity contribution in [2.45, 2.75) is 32.1 Å². The van der Waals surface area contributed by atoms with Crippen molar-refractivity contribution >= 4 is 16.7 Å². The van der Waals surface area contributed by atoms with Crippen LogP contribution in [0.2, 0.25) is 0 Å². The maximum Gasteiger partial charge on any atom is 0.202 e. The molecule has 0 bridgehead atoms. The van der Waals surface area contributed by atoms with E-state index in [-0.39, 0.29) is 0 Å². The number of nitrogens with one attached hydrogen (secondary N) is 1. The van der Waals surface area contributed by atoms with Crippen LogP contribution in [0.15, 0.2) is 0 Å². The van der Waals surface area contributed by atoms with Gasteiger partial charge in [-0.2, -0.15) is 4.37 Å². The van der Waals surface area contributed by atoms with E-state index in [4.69, 9.17) is 0 Å². The molecule has 1 aliphatic rings. The molecule has 1 aromatic heterocycles. The number of anilines is 1. The summed E-state index contributed by atoms with van der Waals surface area (Å²) < 4.78 is 4.34. The second kappa shape index (κ2) is 2.69. The molecule has 2 rings (SSSR count). The van der Waals surface area contributed by atoms with E-state index >= 15 is 0 Å². The quantitative estimate of drug-likeness (QED) is 0.779. The van der Waals surface area contributed by atoms with Crippen LogP contribution in [-0.4, -0.2) is 15.9 Å². The Morgan fingerprint density at radius 2 is 2.33 bits per heavy atom. The zero-order chi connectivity index (χ0) is 8.60. The summed E-state index contributed by atoms with van der Waals surface area (Å²) in [5.74, 6) is 1.03. The highest BCUT2D eigenvalue weighted by Crippen LogP contribution is 2.46. The standard InChI is InChI=1S/C8H13N3S/c1-3-9-7-10-6(11-12-7)8(2)4-5-8/h3-5H2,1-2H3,(H,9,10,11). The van der Waals surface area contributed by atoms with E-state index in [2.05, 4.69) is 28.5 Å². The molecule has 0 aromatic carbocycles. The molecule has 1 N–H and O–H groups in total. The Kier molecular flexibility index (Phi) is 1.79. The van der Waals surface area contributed by atoms with Gasteiger partial charge in [-0.1, -0.05) is 6.92 Å². The summed E-state index contributed by atoms with van der Waals surface area (Å²) in [4.78, 5) is 4.43. The van der Waals surface area contributed by atoms with Gasteiger partial charge in [0.15, 0.2) is 5.82 Å². The molecular weight excluding hydrogens is 170 g/mol. The number of nitrogens with zero attached hydrogens (tertiary/aromatic N) is 2. The van der Waals surface area contributed by atoms with E-state index in [0.29, 0.717) is 5.41 Å². The van der Waals surface area contributed by atoms with Crippen molar-refractivity contribution in [3.63, 3.8) is 0 Å². The molecule has 12 heavy (non-hydrogen) atoms. The van der Waals surface area contributed by atoms with Gasteiger partial charge < -0.3 is 5.32 Å². The molecule has 3 nitrogen and oxygen atoms in total. The third-order valence-corrected chi connectivity index (χ3v) is 2.97. The van der Waals surface area contributed by atoms with Gasteiger partial charge in [0.1, 0.15) is 0 Å².